The molecule has 2 nitrogen and oxygen atoms in total. The molecule has 2 heteroatoms. The second-order valence-corrected chi connectivity index (χ2v) is 10.7. The Hall–Kier alpha value is -0.0800. The summed E-state index contributed by atoms with van der Waals surface area (Å²) in [5.74, 6) is 5.47. The van der Waals surface area contributed by atoms with Crippen LogP contribution in [-0.2, 0) is 0 Å². The minimum Gasteiger partial charge on any atom is -0.325 e. The van der Waals surface area contributed by atoms with Gasteiger partial charge < -0.3 is 11.5 Å². The van der Waals surface area contributed by atoms with E-state index in [1.165, 1.54) is 70.6 Å². The lowest BCUT2D eigenvalue weighted by atomic mass is 9.46. The van der Waals surface area contributed by atoms with Crippen LogP contribution >= 0.6 is 0 Å². The average Bonchev–Trinajstić information content (AvgIpc) is 2.93. The summed E-state index contributed by atoms with van der Waals surface area (Å²) in [4.78, 5) is 0. The van der Waals surface area contributed by atoms with E-state index in [0.717, 1.165) is 41.4 Å². The molecule has 4 rings (SSSR count). The number of fused-ring (bicyclic) bond motifs is 5. The third-order valence-electron chi connectivity index (χ3n) is 9.59. The van der Waals surface area contributed by atoms with Crippen molar-refractivity contribution in [1.29, 1.82) is 0 Å². The molecular weight excluding hydrogens is 304 g/mol. The standard InChI is InChI=1S/C23H42N2/c1-4-7-15(2)18-9-10-19-21-16(3)14-17-8-5-6-12-22(17,24)20(21)11-13-23(18,19)25/h15-21H,4-14,24-25H2,1-3H3. The van der Waals surface area contributed by atoms with E-state index >= 15 is 0 Å². The van der Waals surface area contributed by atoms with Crippen molar-refractivity contribution >= 4 is 0 Å². The van der Waals surface area contributed by atoms with Gasteiger partial charge in [0.15, 0.2) is 0 Å². The molecule has 144 valence electrons. The maximum atomic E-state index is 7.28. The summed E-state index contributed by atoms with van der Waals surface area (Å²) < 4.78 is 0. The Labute approximate surface area is 155 Å². The molecule has 9 unspecified atom stereocenters. The Morgan fingerprint density at radius 3 is 2.48 bits per heavy atom. The molecule has 0 aromatic carbocycles. The molecule has 4 aliphatic rings. The zero-order chi connectivity index (χ0) is 17.8. The lowest BCUT2D eigenvalue weighted by molar-refractivity contribution is -0.0832. The van der Waals surface area contributed by atoms with Crippen LogP contribution in [-0.4, -0.2) is 11.1 Å². The largest absolute Gasteiger partial charge is 0.325 e. The Bertz CT molecular complexity index is 490. The van der Waals surface area contributed by atoms with E-state index in [0.29, 0.717) is 0 Å². The minimum atomic E-state index is 0.113. The summed E-state index contributed by atoms with van der Waals surface area (Å²) >= 11 is 0. The van der Waals surface area contributed by atoms with Gasteiger partial charge in [-0.15, -0.1) is 0 Å². The molecule has 0 aliphatic heterocycles. The quantitative estimate of drug-likeness (QED) is 0.747. The van der Waals surface area contributed by atoms with Crippen LogP contribution in [0.4, 0.5) is 0 Å². The fourth-order valence-electron chi connectivity index (χ4n) is 8.59. The normalized spacial score (nSPS) is 53.6. The van der Waals surface area contributed by atoms with E-state index in [4.69, 9.17) is 11.5 Å². The second kappa shape index (κ2) is 6.51. The molecule has 0 heterocycles. The first-order chi connectivity index (χ1) is 11.9. The van der Waals surface area contributed by atoms with E-state index in [-0.39, 0.29) is 11.1 Å². The lowest BCUT2D eigenvalue weighted by Crippen LogP contribution is -2.67. The van der Waals surface area contributed by atoms with E-state index in [2.05, 4.69) is 20.8 Å². The Balaban J connectivity index is 1.61. The van der Waals surface area contributed by atoms with Crippen LogP contribution in [0.1, 0.15) is 91.4 Å². The van der Waals surface area contributed by atoms with Crippen LogP contribution in [0, 0.1) is 41.4 Å². The van der Waals surface area contributed by atoms with Gasteiger partial charge in [-0.3, -0.25) is 0 Å². The molecule has 0 amide bonds. The van der Waals surface area contributed by atoms with Crippen LogP contribution in [0.25, 0.3) is 0 Å². The summed E-state index contributed by atoms with van der Waals surface area (Å²) in [7, 11) is 0. The zero-order valence-electron chi connectivity index (χ0n) is 17.0. The number of nitrogens with two attached hydrogens (primary N) is 2. The maximum Gasteiger partial charge on any atom is 0.0217 e. The van der Waals surface area contributed by atoms with Gasteiger partial charge in [0.25, 0.3) is 0 Å². The smallest absolute Gasteiger partial charge is 0.0217 e. The minimum absolute atomic E-state index is 0.113. The number of rotatable bonds is 3. The van der Waals surface area contributed by atoms with Gasteiger partial charge in [0, 0.05) is 11.1 Å². The first kappa shape index (κ1) is 18.3. The third-order valence-corrected chi connectivity index (χ3v) is 9.59. The fraction of sp³-hybridized carbons (Fsp3) is 1.00. The average molecular weight is 347 g/mol. The molecule has 0 aromatic heterocycles. The van der Waals surface area contributed by atoms with Gasteiger partial charge in [0.2, 0.25) is 0 Å². The molecular formula is C23H42N2. The highest BCUT2D eigenvalue weighted by Crippen LogP contribution is 2.63. The van der Waals surface area contributed by atoms with Crippen molar-refractivity contribution in [3.63, 3.8) is 0 Å². The van der Waals surface area contributed by atoms with E-state index in [1.807, 2.05) is 0 Å². The summed E-state index contributed by atoms with van der Waals surface area (Å²) in [6.07, 6.45) is 14.8. The van der Waals surface area contributed by atoms with Crippen LogP contribution < -0.4 is 11.5 Å². The molecule has 4 aliphatic carbocycles. The number of hydrogen-bond donors (Lipinski definition) is 2. The van der Waals surface area contributed by atoms with E-state index in [9.17, 15) is 0 Å². The van der Waals surface area contributed by atoms with Crippen LogP contribution in [0.15, 0.2) is 0 Å². The van der Waals surface area contributed by atoms with Gasteiger partial charge in [-0.2, -0.15) is 0 Å². The number of hydrogen-bond acceptors (Lipinski definition) is 2. The van der Waals surface area contributed by atoms with Gasteiger partial charge >= 0.3 is 0 Å². The van der Waals surface area contributed by atoms with Gasteiger partial charge in [-0.1, -0.05) is 46.5 Å². The highest BCUT2D eigenvalue weighted by Gasteiger charge is 2.62. The predicted molar refractivity (Wildman–Crippen MR) is 106 cm³/mol. The molecule has 4 N–H and O–H groups in total. The summed E-state index contributed by atoms with van der Waals surface area (Å²) in [6, 6.07) is 0. The van der Waals surface area contributed by atoms with Crippen molar-refractivity contribution < 1.29 is 0 Å². The lowest BCUT2D eigenvalue weighted by Gasteiger charge is -2.62. The second-order valence-electron chi connectivity index (χ2n) is 10.7. The molecule has 9 atom stereocenters. The molecule has 0 spiro atoms. The van der Waals surface area contributed by atoms with Crippen LogP contribution in [0.5, 0.6) is 0 Å². The molecule has 0 radical (unpaired) electrons. The molecule has 0 aromatic rings. The first-order valence-corrected chi connectivity index (χ1v) is 11.5. The summed E-state index contributed by atoms with van der Waals surface area (Å²) in [5, 5.41) is 0. The van der Waals surface area contributed by atoms with Gasteiger partial charge in [0.1, 0.15) is 0 Å². The van der Waals surface area contributed by atoms with Crippen LogP contribution in [0.2, 0.25) is 0 Å². The van der Waals surface area contributed by atoms with Crippen molar-refractivity contribution in [2.45, 2.75) is 102 Å². The van der Waals surface area contributed by atoms with Crippen molar-refractivity contribution in [2.24, 2.45) is 52.9 Å². The summed E-state index contributed by atoms with van der Waals surface area (Å²) in [5.41, 5.74) is 14.7. The molecule has 4 fully saturated rings. The molecule has 0 saturated heterocycles. The van der Waals surface area contributed by atoms with Gasteiger partial charge in [0.05, 0.1) is 0 Å². The van der Waals surface area contributed by atoms with Gasteiger partial charge in [-0.25, -0.2) is 0 Å². The van der Waals surface area contributed by atoms with E-state index < -0.39 is 0 Å². The molecule has 0 bridgehead atoms. The Kier molecular flexibility index (Phi) is 4.77. The van der Waals surface area contributed by atoms with Crippen molar-refractivity contribution in [1.82, 2.24) is 0 Å². The highest BCUT2D eigenvalue weighted by atomic mass is 14.9. The fourth-order valence-corrected chi connectivity index (χ4v) is 8.59. The zero-order valence-corrected chi connectivity index (χ0v) is 17.0. The van der Waals surface area contributed by atoms with Gasteiger partial charge in [-0.05, 0) is 86.4 Å². The van der Waals surface area contributed by atoms with Crippen molar-refractivity contribution in [3.05, 3.63) is 0 Å². The molecule has 4 saturated carbocycles. The molecule has 25 heavy (non-hydrogen) atoms. The monoisotopic (exact) mass is 346 g/mol. The van der Waals surface area contributed by atoms with Crippen LogP contribution in [0.3, 0.4) is 0 Å². The first-order valence-electron chi connectivity index (χ1n) is 11.5. The van der Waals surface area contributed by atoms with Crippen molar-refractivity contribution in [2.75, 3.05) is 0 Å². The van der Waals surface area contributed by atoms with Crippen molar-refractivity contribution in [3.8, 4) is 0 Å². The third kappa shape index (κ3) is 2.64. The SMILES string of the molecule is CCCC(C)C1CCC2C3C(C)CC4CCCCC4(N)C3CCC12N. The Morgan fingerprint density at radius 2 is 1.72 bits per heavy atom. The topological polar surface area (TPSA) is 52.0 Å². The Morgan fingerprint density at radius 1 is 0.960 bits per heavy atom. The predicted octanol–water partition coefficient (Wildman–Crippen LogP) is 5.10. The maximum absolute atomic E-state index is 7.28. The summed E-state index contributed by atoms with van der Waals surface area (Å²) in [6.45, 7) is 7.34. The van der Waals surface area contributed by atoms with E-state index in [1.54, 1.807) is 0 Å². The highest BCUT2D eigenvalue weighted by molar-refractivity contribution is 5.16.